The molecule has 6 heteroatoms. The van der Waals surface area contributed by atoms with Gasteiger partial charge in [0, 0.05) is 23.0 Å². The number of benzene rings is 1. The number of hydrogen-bond donors (Lipinski definition) is 2. The molecule has 0 aliphatic carbocycles. The summed E-state index contributed by atoms with van der Waals surface area (Å²) in [5.41, 5.74) is 1.76. The van der Waals surface area contributed by atoms with Crippen LogP contribution in [-0.2, 0) is 4.79 Å². The van der Waals surface area contributed by atoms with Gasteiger partial charge in [0.1, 0.15) is 4.88 Å². The van der Waals surface area contributed by atoms with Crippen LogP contribution in [0.15, 0.2) is 42.5 Å². The van der Waals surface area contributed by atoms with Crippen LogP contribution >= 0.6 is 11.3 Å². The molecule has 0 saturated carbocycles. The third kappa shape index (κ3) is 5.58. The molecule has 0 spiro atoms. The Morgan fingerprint density at radius 2 is 2.00 bits per heavy atom. The minimum Gasteiger partial charge on any atom is -0.477 e. The molecule has 2 heterocycles. The summed E-state index contributed by atoms with van der Waals surface area (Å²) in [6.07, 6.45) is 9.55. The van der Waals surface area contributed by atoms with Crippen molar-refractivity contribution in [3.8, 4) is 0 Å². The topological polar surface area (TPSA) is 77.8 Å². The fourth-order valence-corrected chi connectivity index (χ4v) is 4.61. The van der Waals surface area contributed by atoms with E-state index in [1.54, 1.807) is 12.1 Å². The standard InChI is InChI=1S/C24H29NO4S/c1-2-3-4-8-21(26)17-9-11-19(12-10-17)25-18(13-16-23(25)27)6-5-7-20-14-15-22(30-20)24(28)29/h5,7,9-12,14-15,18,21,26H,2-4,6,8,13,16H2,1H3,(H,28,29)/t18-,21-/m0/s1. The monoisotopic (exact) mass is 427 g/mol. The van der Waals surface area contributed by atoms with Crippen molar-refractivity contribution in [3.05, 3.63) is 57.8 Å². The molecular weight excluding hydrogens is 398 g/mol. The van der Waals surface area contributed by atoms with E-state index < -0.39 is 12.1 Å². The van der Waals surface area contributed by atoms with E-state index in [0.717, 1.165) is 48.2 Å². The maximum absolute atomic E-state index is 12.5. The third-order valence-electron chi connectivity index (χ3n) is 5.49. The molecule has 1 aromatic carbocycles. The van der Waals surface area contributed by atoms with Gasteiger partial charge in [0.15, 0.2) is 0 Å². The van der Waals surface area contributed by atoms with Crippen LogP contribution in [0, 0.1) is 0 Å². The van der Waals surface area contributed by atoms with E-state index in [0.29, 0.717) is 17.7 Å². The van der Waals surface area contributed by atoms with Crippen LogP contribution in [0.3, 0.4) is 0 Å². The molecule has 30 heavy (non-hydrogen) atoms. The number of aliphatic hydroxyl groups excluding tert-OH is 1. The fourth-order valence-electron chi connectivity index (χ4n) is 3.83. The lowest BCUT2D eigenvalue weighted by Crippen LogP contribution is -2.32. The highest BCUT2D eigenvalue weighted by molar-refractivity contribution is 7.14. The van der Waals surface area contributed by atoms with E-state index in [4.69, 9.17) is 5.11 Å². The Bertz CT molecular complexity index is 887. The minimum atomic E-state index is -0.911. The lowest BCUT2D eigenvalue weighted by molar-refractivity contribution is -0.117. The number of nitrogens with zero attached hydrogens (tertiary/aromatic N) is 1. The molecule has 3 rings (SSSR count). The van der Waals surface area contributed by atoms with Gasteiger partial charge in [-0.05, 0) is 55.2 Å². The number of carbonyl (C=O) groups excluding carboxylic acids is 1. The molecular formula is C24H29NO4S. The van der Waals surface area contributed by atoms with Gasteiger partial charge in [-0.1, -0.05) is 44.4 Å². The molecule has 1 fully saturated rings. The van der Waals surface area contributed by atoms with Crippen molar-refractivity contribution in [2.75, 3.05) is 4.90 Å². The lowest BCUT2D eigenvalue weighted by Gasteiger charge is -2.24. The highest BCUT2D eigenvalue weighted by Crippen LogP contribution is 2.31. The quantitative estimate of drug-likeness (QED) is 0.480. The van der Waals surface area contributed by atoms with Crippen molar-refractivity contribution >= 4 is 35.0 Å². The zero-order valence-corrected chi connectivity index (χ0v) is 18.1. The van der Waals surface area contributed by atoms with Crippen LogP contribution in [0.5, 0.6) is 0 Å². The summed E-state index contributed by atoms with van der Waals surface area (Å²) in [5, 5.41) is 19.4. The first kappa shape index (κ1) is 22.2. The molecule has 5 nitrogen and oxygen atoms in total. The van der Waals surface area contributed by atoms with Crippen LogP contribution in [-0.4, -0.2) is 28.1 Å². The number of rotatable bonds is 10. The number of carboxylic acids is 1. The van der Waals surface area contributed by atoms with Crippen LogP contribution in [0.1, 0.15) is 78.1 Å². The molecule has 2 atom stereocenters. The van der Waals surface area contributed by atoms with E-state index in [-0.39, 0.29) is 11.9 Å². The molecule has 160 valence electrons. The summed E-state index contributed by atoms with van der Waals surface area (Å²) in [5.74, 6) is -0.792. The second-order valence-corrected chi connectivity index (χ2v) is 8.82. The average Bonchev–Trinajstić information content (AvgIpc) is 3.35. The maximum atomic E-state index is 12.5. The summed E-state index contributed by atoms with van der Waals surface area (Å²) in [4.78, 5) is 26.5. The predicted octanol–water partition coefficient (Wildman–Crippen LogP) is 5.66. The number of anilines is 1. The smallest absolute Gasteiger partial charge is 0.345 e. The number of unbranched alkanes of at least 4 members (excludes halogenated alkanes) is 2. The van der Waals surface area contributed by atoms with Crippen molar-refractivity contribution in [1.82, 2.24) is 0 Å². The van der Waals surface area contributed by atoms with E-state index in [1.807, 2.05) is 41.3 Å². The number of aromatic carboxylic acids is 1. The number of amides is 1. The Balaban J connectivity index is 1.62. The third-order valence-corrected chi connectivity index (χ3v) is 6.53. The first-order valence-corrected chi connectivity index (χ1v) is 11.4. The number of thiophene rings is 1. The molecule has 1 aromatic heterocycles. The lowest BCUT2D eigenvalue weighted by atomic mass is 10.0. The second-order valence-electron chi connectivity index (χ2n) is 7.70. The van der Waals surface area contributed by atoms with Gasteiger partial charge in [0.2, 0.25) is 5.91 Å². The van der Waals surface area contributed by atoms with Gasteiger partial charge in [-0.3, -0.25) is 4.79 Å². The summed E-state index contributed by atoms with van der Waals surface area (Å²) < 4.78 is 0. The molecule has 1 amide bonds. The first-order chi connectivity index (χ1) is 14.5. The Labute approximate surface area is 181 Å². The fraction of sp³-hybridized carbons (Fsp3) is 0.417. The summed E-state index contributed by atoms with van der Waals surface area (Å²) in [7, 11) is 0. The van der Waals surface area contributed by atoms with Crippen LogP contribution < -0.4 is 4.90 Å². The van der Waals surface area contributed by atoms with E-state index in [2.05, 4.69) is 6.92 Å². The van der Waals surface area contributed by atoms with Gasteiger partial charge in [-0.25, -0.2) is 4.79 Å². The van der Waals surface area contributed by atoms with Gasteiger partial charge in [-0.2, -0.15) is 0 Å². The molecule has 1 aliphatic rings. The summed E-state index contributed by atoms with van der Waals surface area (Å²) in [6.45, 7) is 2.15. The van der Waals surface area contributed by atoms with E-state index in [9.17, 15) is 14.7 Å². The van der Waals surface area contributed by atoms with E-state index in [1.165, 1.54) is 11.3 Å². The Hall–Kier alpha value is -2.44. The predicted molar refractivity (Wildman–Crippen MR) is 121 cm³/mol. The SMILES string of the molecule is CCCCC[C@H](O)c1ccc(N2C(=O)CC[C@@H]2CC=Cc2ccc(C(=O)O)s2)cc1. The zero-order chi connectivity index (χ0) is 21.5. The first-order valence-electron chi connectivity index (χ1n) is 10.6. The molecule has 0 radical (unpaired) electrons. The Morgan fingerprint density at radius 1 is 1.23 bits per heavy atom. The minimum absolute atomic E-state index is 0.0907. The van der Waals surface area contributed by atoms with Gasteiger partial charge < -0.3 is 15.1 Å². The average molecular weight is 428 g/mol. The second kappa shape index (κ2) is 10.5. The van der Waals surface area contributed by atoms with Crippen molar-refractivity contribution in [3.63, 3.8) is 0 Å². The van der Waals surface area contributed by atoms with Crippen LogP contribution in [0.25, 0.3) is 6.08 Å². The van der Waals surface area contributed by atoms with Gasteiger partial charge in [0.05, 0.1) is 6.10 Å². The van der Waals surface area contributed by atoms with Crippen molar-refractivity contribution < 1.29 is 19.8 Å². The van der Waals surface area contributed by atoms with Crippen molar-refractivity contribution in [1.29, 1.82) is 0 Å². The Kier molecular flexibility index (Phi) is 7.82. The van der Waals surface area contributed by atoms with Crippen molar-refractivity contribution in [2.45, 2.75) is 64.0 Å². The molecule has 1 saturated heterocycles. The summed E-state index contributed by atoms with van der Waals surface area (Å²) >= 11 is 1.24. The van der Waals surface area contributed by atoms with Gasteiger partial charge in [-0.15, -0.1) is 11.3 Å². The molecule has 2 aromatic rings. The highest BCUT2D eigenvalue weighted by atomic mass is 32.1. The van der Waals surface area contributed by atoms with Crippen molar-refractivity contribution in [2.24, 2.45) is 0 Å². The number of aliphatic hydroxyl groups is 1. The normalized spacial score (nSPS) is 17.7. The maximum Gasteiger partial charge on any atom is 0.345 e. The largest absolute Gasteiger partial charge is 0.477 e. The van der Waals surface area contributed by atoms with Gasteiger partial charge >= 0.3 is 5.97 Å². The van der Waals surface area contributed by atoms with Crippen LogP contribution in [0.2, 0.25) is 0 Å². The molecule has 2 N–H and O–H groups in total. The Morgan fingerprint density at radius 3 is 2.67 bits per heavy atom. The van der Waals surface area contributed by atoms with Gasteiger partial charge in [0.25, 0.3) is 0 Å². The molecule has 0 bridgehead atoms. The summed E-state index contributed by atoms with van der Waals surface area (Å²) in [6, 6.07) is 11.2. The highest BCUT2D eigenvalue weighted by Gasteiger charge is 2.31. The molecule has 1 aliphatic heterocycles. The molecule has 0 unspecified atom stereocenters. The van der Waals surface area contributed by atoms with E-state index >= 15 is 0 Å². The number of hydrogen-bond acceptors (Lipinski definition) is 4. The number of carbonyl (C=O) groups is 2. The number of carboxylic acid groups (broad SMARTS) is 1. The van der Waals surface area contributed by atoms with Crippen LogP contribution in [0.4, 0.5) is 5.69 Å². The zero-order valence-electron chi connectivity index (χ0n) is 17.3.